The third-order valence-electron chi connectivity index (χ3n) is 2.55. The SMILES string of the molecule is O=C(O)c1nc2c(Cc3nnn[nH]3)cccc2[nH]1. The first-order valence-corrected chi connectivity index (χ1v) is 5.17. The van der Waals surface area contributed by atoms with Crippen LogP contribution in [0.2, 0.25) is 0 Å². The number of hydrogen-bond acceptors (Lipinski definition) is 5. The Balaban J connectivity index is 2.08. The van der Waals surface area contributed by atoms with E-state index in [-0.39, 0.29) is 5.82 Å². The van der Waals surface area contributed by atoms with Crippen LogP contribution in [0.4, 0.5) is 0 Å². The fourth-order valence-corrected chi connectivity index (χ4v) is 1.77. The molecule has 2 heterocycles. The van der Waals surface area contributed by atoms with Gasteiger partial charge >= 0.3 is 5.97 Å². The molecule has 0 fully saturated rings. The first kappa shape index (κ1) is 10.4. The van der Waals surface area contributed by atoms with Gasteiger partial charge in [0.15, 0.2) is 5.82 Å². The van der Waals surface area contributed by atoms with Crippen LogP contribution in [0.1, 0.15) is 22.0 Å². The Morgan fingerprint density at radius 2 is 2.28 bits per heavy atom. The fraction of sp³-hybridized carbons (Fsp3) is 0.100. The van der Waals surface area contributed by atoms with Gasteiger partial charge in [-0.3, -0.25) is 0 Å². The van der Waals surface area contributed by atoms with Crippen molar-refractivity contribution < 1.29 is 9.90 Å². The monoisotopic (exact) mass is 244 g/mol. The van der Waals surface area contributed by atoms with E-state index in [1.165, 1.54) is 0 Å². The van der Waals surface area contributed by atoms with Gasteiger partial charge in [0.1, 0.15) is 0 Å². The molecule has 0 bridgehead atoms. The highest BCUT2D eigenvalue weighted by atomic mass is 16.4. The van der Waals surface area contributed by atoms with Crippen LogP contribution < -0.4 is 0 Å². The average Bonchev–Trinajstić information content (AvgIpc) is 2.97. The molecule has 3 aromatic rings. The van der Waals surface area contributed by atoms with Crippen molar-refractivity contribution in [2.45, 2.75) is 6.42 Å². The van der Waals surface area contributed by atoms with Gasteiger partial charge in [-0.05, 0) is 22.1 Å². The number of tetrazole rings is 1. The first-order valence-electron chi connectivity index (χ1n) is 5.17. The molecule has 0 unspecified atom stereocenters. The van der Waals surface area contributed by atoms with E-state index >= 15 is 0 Å². The Hall–Kier alpha value is -2.77. The van der Waals surface area contributed by atoms with Crippen molar-refractivity contribution in [1.29, 1.82) is 0 Å². The summed E-state index contributed by atoms with van der Waals surface area (Å²) in [5.41, 5.74) is 2.15. The Morgan fingerprint density at radius 1 is 1.39 bits per heavy atom. The molecule has 3 N–H and O–H groups in total. The van der Waals surface area contributed by atoms with Crippen molar-refractivity contribution in [2.75, 3.05) is 0 Å². The third kappa shape index (κ3) is 1.69. The summed E-state index contributed by atoms with van der Waals surface area (Å²) in [4.78, 5) is 17.7. The molecular formula is C10H8N6O2. The minimum absolute atomic E-state index is 0.0758. The van der Waals surface area contributed by atoms with Crippen LogP contribution in [-0.4, -0.2) is 41.7 Å². The minimum atomic E-state index is -1.08. The van der Waals surface area contributed by atoms with Gasteiger partial charge in [0.25, 0.3) is 0 Å². The second-order valence-electron chi connectivity index (χ2n) is 3.73. The van der Waals surface area contributed by atoms with Crippen LogP contribution in [0.5, 0.6) is 0 Å². The Bertz CT molecular complexity index is 702. The van der Waals surface area contributed by atoms with E-state index in [0.717, 1.165) is 5.56 Å². The number of nitrogens with zero attached hydrogens (tertiary/aromatic N) is 4. The van der Waals surface area contributed by atoms with Gasteiger partial charge < -0.3 is 10.1 Å². The smallest absolute Gasteiger partial charge is 0.371 e. The molecule has 2 aromatic heterocycles. The van der Waals surface area contributed by atoms with Crippen molar-refractivity contribution in [3.63, 3.8) is 0 Å². The molecule has 1 aromatic carbocycles. The number of aromatic nitrogens is 6. The lowest BCUT2D eigenvalue weighted by Gasteiger charge is -1.97. The van der Waals surface area contributed by atoms with Gasteiger partial charge in [-0.2, -0.15) is 0 Å². The lowest BCUT2D eigenvalue weighted by Crippen LogP contribution is -1.98. The number of carbonyl (C=O) groups is 1. The van der Waals surface area contributed by atoms with E-state index in [1.54, 1.807) is 6.07 Å². The number of aromatic carboxylic acids is 1. The van der Waals surface area contributed by atoms with Gasteiger partial charge in [-0.1, -0.05) is 12.1 Å². The average molecular weight is 244 g/mol. The van der Waals surface area contributed by atoms with Crippen LogP contribution in [0.25, 0.3) is 11.0 Å². The Labute approximate surface area is 100 Å². The zero-order chi connectivity index (χ0) is 12.5. The number of nitrogens with one attached hydrogen (secondary N) is 2. The highest BCUT2D eigenvalue weighted by Gasteiger charge is 2.12. The molecule has 0 saturated heterocycles. The van der Waals surface area contributed by atoms with Crippen molar-refractivity contribution in [1.82, 2.24) is 30.6 Å². The summed E-state index contributed by atoms with van der Waals surface area (Å²) in [6, 6.07) is 5.46. The summed E-state index contributed by atoms with van der Waals surface area (Å²) in [5, 5.41) is 22.3. The number of aromatic amines is 2. The number of H-pyrrole nitrogens is 2. The van der Waals surface area contributed by atoms with Crippen molar-refractivity contribution >= 4 is 17.0 Å². The molecule has 8 heteroatoms. The third-order valence-corrected chi connectivity index (χ3v) is 2.55. The number of carboxylic acid groups (broad SMARTS) is 1. The van der Waals surface area contributed by atoms with Crippen LogP contribution in [0, 0.1) is 0 Å². The zero-order valence-electron chi connectivity index (χ0n) is 9.08. The highest BCUT2D eigenvalue weighted by molar-refractivity contribution is 5.90. The van der Waals surface area contributed by atoms with Crippen LogP contribution in [-0.2, 0) is 6.42 Å². The second kappa shape index (κ2) is 3.91. The van der Waals surface area contributed by atoms with Crippen LogP contribution in [0.3, 0.4) is 0 Å². The highest BCUT2D eigenvalue weighted by Crippen LogP contribution is 2.18. The molecular weight excluding hydrogens is 236 g/mol. The molecule has 0 aliphatic carbocycles. The Kier molecular flexibility index (Phi) is 2.26. The topological polar surface area (TPSA) is 120 Å². The van der Waals surface area contributed by atoms with E-state index < -0.39 is 5.97 Å². The molecule has 0 aliphatic heterocycles. The molecule has 90 valence electrons. The summed E-state index contributed by atoms with van der Waals surface area (Å²) in [7, 11) is 0. The number of imidazole rings is 1. The van der Waals surface area contributed by atoms with E-state index in [0.29, 0.717) is 23.3 Å². The van der Waals surface area contributed by atoms with E-state index in [9.17, 15) is 4.79 Å². The first-order chi connectivity index (χ1) is 8.74. The molecule has 0 atom stereocenters. The summed E-state index contributed by atoms with van der Waals surface area (Å²) in [5.74, 6) is -0.561. The lowest BCUT2D eigenvalue weighted by atomic mass is 10.1. The van der Waals surface area contributed by atoms with Crippen LogP contribution in [0.15, 0.2) is 18.2 Å². The Morgan fingerprint density at radius 3 is 3.00 bits per heavy atom. The van der Waals surface area contributed by atoms with Crippen molar-refractivity contribution in [3.05, 3.63) is 35.4 Å². The fourth-order valence-electron chi connectivity index (χ4n) is 1.77. The number of carboxylic acids is 1. The summed E-state index contributed by atoms with van der Waals surface area (Å²) < 4.78 is 0. The van der Waals surface area contributed by atoms with E-state index in [1.807, 2.05) is 12.1 Å². The summed E-state index contributed by atoms with van der Waals surface area (Å²) in [6.45, 7) is 0. The lowest BCUT2D eigenvalue weighted by molar-refractivity contribution is 0.0685. The maximum atomic E-state index is 10.9. The number of fused-ring (bicyclic) bond motifs is 1. The van der Waals surface area contributed by atoms with Crippen molar-refractivity contribution in [3.8, 4) is 0 Å². The molecule has 8 nitrogen and oxygen atoms in total. The molecule has 0 saturated carbocycles. The maximum absolute atomic E-state index is 10.9. The van der Waals surface area contributed by atoms with E-state index in [4.69, 9.17) is 5.11 Å². The van der Waals surface area contributed by atoms with Gasteiger partial charge in [0.2, 0.25) is 5.82 Å². The second-order valence-corrected chi connectivity index (χ2v) is 3.73. The zero-order valence-corrected chi connectivity index (χ0v) is 9.08. The van der Waals surface area contributed by atoms with Crippen molar-refractivity contribution in [2.24, 2.45) is 0 Å². The summed E-state index contributed by atoms with van der Waals surface area (Å²) >= 11 is 0. The van der Waals surface area contributed by atoms with E-state index in [2.05, 4.69) is 30.6 Å². The predicted octanol–water partition coefficient (Wildman–Crippen LogP) is 0.365. The van der Waals surface area contributed by atoms with Gasteiger partial charge in [0, 0.05) is 6.42 Å². The van der Waals surface area contributed by atoms with Crippen LogP contribution >= 0.6 is 0 Å². The number of rotatable bonds is 3. The minimum Gasteiger partial charge on any atom is -0.475 e. The largest absolute Gasteiger partial charge is 0.475 e. The van der Waals surface area contributed by atoms with Gasteiger partial charge in [0.05, 0.1) is 11.0 Å². The molecule has 0 radical (unpaired) electrons. The number of benzene rings is 1. The maximum Gasteiger partial charge on any atom is 0.371 e. The molecule has 0 spiro atoms. The van der Waals surface area contributed by atoms with Gasteiger partial charge in [-0.15, -0.1) is 5.10 Å². The molecule has 18 heavy (non-hydrogen) atoms. The number of hydrogen-bond donors (Lipinski definition) is 3. The number of para-hydroxylation sites is 1. The molecule has 0 aliphatic rings. The molecule has 3 rings (SSSR count). The standard InChI is InChI=1S/C10H8N6O2/c17-10(18)9-11-6-3-1-2-5(8(6)12-9)4-7-13-15-16-14-7/h1-3H,4H2,(H,11,12)(H,17,18)(H,13,14,15,16). The molecule has 0 amide bonds. The summed E-state index contributed by atoms with van der Waals surface area (Å²) in [6.07, 6.45) is 0.467. The predicted molar refractivity (Wildman–Crippen MR) is 60.0 cm³/mol. The van der Waals surface area contributed by atoms with Gasteiger partial charge in [-0.25, -0.2) is 14.9 Å². The normalized spacial score (nSPS) is 10.9. The quantitative estimate of drug-likeness (QED) is 0.611.